The van der Waals surface area contributed by atoms with Crippen LogP contribution < -0.4 is 23.5 Å². The van der Waals surface area contributed by atoms with Crippen LogP contribution in [0.15, 0.2) is 24.3 Å². The third kappa shape index (κ3) is 5.56. The van der Waals surface area contributed by atoms with E-state index in [1.165, 1.54) is 0 Å². The average molecular weight is 258 g/mol. The molecule has 5 heteroatoms. The highest BCUT2D eigenvalue weighted by Gasteiger charge is 2.07. The van der Waals surface area contributed by atoms with Crippen LogP contribution in [0.3, 0.4) is 0 Å². The first-order valence-electron chi connectivity index (χ1n) is 5.38. The molecule has 4 nitrogen and oxygen atoms in total. The Kier molecular flexibility index (Phi) is 7.34. The number of nitrogens with one attached hydrogen (secondary N) is 1. The van der Waals surface area contributed by atoms with Crippen molar-refractivity contribution in [2.75, 3.05) is 32.9 Å². The maximum Gasteiger partial charge on any atom is 1.00 e. The van der Waals surface area contributed by atoms with Crippen molar-refractivity contribution < 1.29 is 18.6 Å². The molecule has 17 heavy (non-hydrogen) atoms. The number of carbonyl (C=O) groups is 1. The molecule has 0 atom stereocenters. The largest absolute Gasteiger partial charge is 1.00 e. The van der Waals surface area contributed by atoms with Gasteiger partial charge in [0.25, 0.3) is 5.91 Å². The number of para-hydroxylation sites is 1. The van der Waals surface area contributed by atoms with E-state index in [4.69, 9.17) is 5.73 Å². The summed E-state index contributed by atoms with van der Waals surface area (Å²) in [5.41, 5.74) is 6.77. The van der Waals surface area contributed by atoms with Gasteiger partial charge in [0.15, 0.2) is 0 Å². The van der Waals surface area contributed by atoms with Crippen LogP contribution in [0.4, 0.5) is 5.69 Å². The highest BCUT2D eigenvalue weighted by atomic mass is 35.5. The van der Waals surface area contributed by atoms with Crippen molar-refractivity contribution in [3.05, 3.63) is 29.8 Å². The molecule has 3 N–H and O–H groups in total. The lowest BCUT2D eigenvalue weighted by molar-refractivity contribution is -0.0000119. The van der Waals surface area contributed by atoms with E-state index in [0.717, 1.165) is 13.0 Å². The number of benzene rings is 1. The fraction of sp³-hybridized carbons (Fsp3) is 0.417. The summed E-state index contributed by atoms with van der Waals surface area (Å²) in [6.45, 7) is 1.63. The Hall–Kier alpha value is -1.26. The molecule has 1 aromatic carbocycles. The standard InChI is InChI=1S/C12H19N3O.ClH/c1-15(2)9-5-8-14-12(16)10-6-3-4-7-11(10)13;/h3-4,6-7H,5,8-9,13H2,1-2H3,(H,14,16);1H. The van der Waals surface area contributed by atoms with Crippen LogP contribution in [0.2, 0.25) is 0 Å². The highest BCUT2D eigenvalue weighted by molar-refractivity contribution is 5.98. The molecule has 0 fully saturated rings. The fourth-order valence-electron chi connectivity index (χ4n) is 1.40. The summed E-state index contributed by atoms with van der Waals surface area (Å²) >= 11 is 0. The zero-order valence-corrected chi connectivity index (χ0v) is 11.0. The average Bonchev–Trinajstić information content (AvgIpc) is 2.24. The van der Waals surface area contributed by atoms with Crippen LogP contribution in [0.25, 0.3) is 0 Å². The molecule has 0 aromatic heterocycles. The Labute approximate surface area is 110 Å². The summed E-state index contributed by atoms with van der Waals surface area (Å²) in [6, 6.07) is 7.09. The van der Waals surface area contributed by atoms with E-state index in [1.54, 1.807) is 12.1 Å². The molecule has 1 aromatic rings. The normalized spacial score (nSPS) is 9.82. The fourth-order valence-corrected chi connectivity index (χ4v) is 1.40. The van der Waals surface area contributed by atoms with Gasteiger partial charge in [0.05, 0.1) is 5.56 Å². The molecule has 1 amide bonds. The molecular formula is C12H20ClN3O. The number of amides is 1. The van der Waals surface area contributed by atoms with Gasteiger partial charge < -0.3 is 28.4 Å². The number of nitrogens with two attached hydrogens (primary N) is 1. The smallest absolute Gasteiger partial charge is 1.00 e. The van der Waals surface area contributed by atoms with Crippen molar-refractivity contribution in [3.63, 3.8) is 0 Å². The third-order valence-electron chi connectivity index (χ3n) is 2.27. The van der Waals surface area contributed by atoms with Crippen molar-refractivity contribution in [3.8, 4) is 0 Å². The number of halogens is 1. The van der Waals surface area contributed by atoms with E-state index >= 15 is 0 Å². The van der Waals surface area contributed by atoms with Gasteiger partial charge in [-0.1, -0.05) is 12.1 Å². The van der Waals surface area contributed by atoms with Crippen LogP contribution in [-0.4, -0.2) is 38.0 Å². The molecule has 0 unspecified atom stereocenters. The minimum Gasteiger partial charge on any atom is -1.00 e. The van der Waals surface area contributed by atoms with Gasteiger partial charge in [0, 0.05) is 12.2 Å². The number of rotatable bonds is 5. The van der Waals surface area contributed by atoms with E-state index in [1.807, 2.05) is 26.2 Å². The van der Waals surface area contributed by atoms with E-state index < -0.39 is 0 Å². The molecule has 0 heterocycles. The SMILES string of the molecule is CN(C)CCCNC(=O)c1ccccc1N.[Cl-].[H+]. The lowest BCUT2D eigenvalue weighted by Gasteiger charge is -2.10. The molecule has 0 spiro atoms. The molecule has 0 aliphatic rings. The van der Waals surface area contributed by atoms with Gasteiger partial charge in [0.1, 0.15) is 0 Å². The van der Waals surface area contributed by atoms with Crippen LogP contribution in [-0.2, 0) is 0 Å². The Morgan fingerprint density at radius 2 is 2.06 bits per heavy atom. The molecule has 0 aliphatic carbocycles. The number of anilines is 1. The van der Waals surface area contributed by atoms with Crippen molar-refractivity contribution in [2.24, 2.45) is 0 Å². The first-order valence-corrected chi connectivity index (χ1v) is 5.38. The Bertz CT molecular complexity index is 361. The highest BCUT2D eigenvalue weighted by Crippen LogP contribution is 2.09. The number of hydrogen-bond donors (Lipinski definition) is 2. The van der Waals surface area contributed by atoms with Crippen molar-refractivity contribution in [1.82, 2.24) is 10.2 Å². The molecule has 0 bridgehead atoms. The Morgan fingerprint density at radius 1 is 1.41 bits per heavy atom. The van der Waals surface area contributed by atoms with Gasteiger partial charge in [-0.05, 0) is 39.2 Å². The number of nitrogens with zero attached hydrogens (tertiary/aromatic N) is 1. The molecule has 0 aliphatic heterocycles. The predicted octanol–water partition coefficient (Wildman–Crippen LogP) is -1.93. The summed E-state index contributed by atoms with van der Waals surface area (Å²) in [4.78, 5) is 13.8. The van der Waals surface area contributed by atoms with Gasteiger partial charge in [-0.3, -0.25) is 4.79 Å². The summed E-state index contributed by atoms with van der Waals surface area (Å²) in [5.74, 6) is -0.100. The third-order valence-corrected chi connectivity index (χ3v) is 2.27. The second-order valence-corrected chi connectivity index (χ2v) is 4.00. The van der Waals surface area contributed by atoms with E-state index in [9.17, 15) is 4.79 Å². The second-order valence-electron chi connectivity index (χ2n) is 4.00. The van der Waals surface area contributed by atoms with Crippen LogP contribution >= 0.6 is 0 Å². The number of carbonyl (C=O) groups excluding carboxylic acids is 1. The zero-order valence-electron chi connectivity index (χ0n) is 11.2. The van der Waals surface area contributed by atoms with Gasteiger partial charge in [-0.25, -0.2) is 0 Å². The van der Waals surface area contributed by atoms with E-state index in [2.05, 4.69) is 10.2 Å². The molecule has 0 saturated heterocycles. The lowest BCUT2D eigenvalue weighted by atomic mass is 10.1. The van der Waals surface area contributed by atoms with Gasteiger partial charge >= 0.3 is 1.43 Å². The summed E-state index contributed by atoms with van der Waals surface area (Å²) < 4.78 is 0. The van der Waals surface area contributed by atoms with Gasteiger partial charge in [-0.15, -0.1) is 0 Å². The Balaban J connectivity index is 0. The predicted molar refractivity (Wildman–Crippen MR) is 67.5 cm³/mol. The maximum atomic E-state index is 11.7. The molecule has 96 valence electrons. The quantitative estimate of drug-likeness (QED) is 0.477. The van der Waals surface area contributed by atoms with Crippen LogP contribution in [0.5, 0.6) is 0 Å². The second kappa shape index (κ2) is 7.92. The topological polar surface area (TPSA) is 58.4 Å². The van der Waals surface area contributed by atoms with Crippen LogP contribution in [0, 0.1) is 0 Å². The number of nitrogen functional groups attached to an aromatic ring is 1. The summed E-state index contributed by atoms with van der Waals surface area (Å²) in [6.07, 6.45) is 0.936. The molecule has 0 saturated carbocycles. The minimum absolute atomic E-state index is 0. The monoisotopic (exact) mass is 257 g/mol. The minimum atomic E-state index is -0.100. The molecule has 0 radical (unpaired) electrons. The zero-order chi connectivity index (χ0) is 12.0. The van der Waals surface area contributed by atoms with Gasteiger partial charge in [0.2, 0.25) is 0 Å². The van der Waals surface area contributed by atoms with Crippen molar-refractivity contribution >= 4 is 11.6 Å². The lowest BCUT2D eigenvalue weighted by Crippen LogP contribution is -3.00. The van der Waals surface area contributed by atoms with Gasteiger partial charge in [-0.2, -0.15) is 0 Å². The van der Waals surface area contributed by atoms with Crippen molar-refractivity contribution in [2.45, 2.75) is 6.42 Å². The first kappa shape index (κ1) is 15.7. The Morgan fingerprint density at radius 3 is 2.65 bits per heavy atom. The first-order chi connectivity index (χ1) is 7.61. The van der Waals surface area contributed by atoms with E-state index in [0.29, 0.717) is 17.8 Å². The maximum absolute atomic E-state index is 11.7. The summed E-state index contributed by atoms with van der Waals surface area (Å²) in [7, 11) is 4.02. The number of hydrogen-bond acceptors (Lipinski definition) is 3. The van der Waals surface area contributed by atoms with E-state index in [-0.39, 0.29) is 19.7 Å². The van der Waals surface area contributed by atoms with Crippen molar-refractivity contribution in [1.29, 1.82) is 0 Å². The summed E-state index contributed by atoms with van der Waals surface area (Å²) in [5, 5.41) is 2.85. The molecule has 1 rings (SSSR count). The van der Waals surface area contributed by atoms with Crippen LogP contribution in [0.1, 0.15) is 18.2 Å². The molecular weight excluding hydrogens is 238 g/mol.